The van der Waals surface area contributed by atoms with Gasteiger partial charge in [-0.05, 0) is 55.0 Å². The van der Waals surface area contributed by atoms with Crippen molar-refractivity contribution in [2.24, 2.45) is 0 Å². The molecule has 0 bridgehead atoms. The molecular formula is C27H35ClN2O2S. The van der Waals surface area contributed by atoms with Crippen molar-refractivity contribution >= 4 is 35.2 Å². The van der Waals surface area contributed by atoms with Crippen molar-refractivity contribution in [1.29, 1.82) is 0 Å². The quantitative estimate of drug-likeness (QED) is 0.439. The number of halogens is 1. The van der Waals surface area contributed by atoms with Gasteiger partial charge in [0.1, 0.15) is 6.04 Å². The Labute approximate surface area is 207 Å². The molecule has 2 aromatic carbocycles. The van der Waals surface area contributed by atoms with Gasteiger partial charge in [0.05, 0.1) is 5.75 Å². The summed E-state index contributed by atoms with van der Waals surface area (Å²) >= 11 is 7.65. The highest BCUT2D eigenvalue weighted by Gasteiger charge is 2.30. The lowest BCUT2D eigenvalue weighted by molar-refractivity contribution is -0.139. The van der Waals surface area contributed by atoms with E-state index in [-0.39, 0.29) is 17.9 Å². The average Bonchev–Trinajstić information content (AvgIpc) is 2.82. The topological polar surface area (TPSA) is 49.4 Å². The molecule has 1 aliphatic rings. The molecule has 1 fully saturated rings. The first-order valence-corrected chi connectivity index (χ1v) is 13.5. The van der Waals surface area contributed by atoms with Crippen molar-refractivity contribution in [3.63, 3.8) is 0 Å². The molecule has 0 saturated heterocycles. The number of amides is 2. The molecule has 1 N–H and O–H groups in total. The van der Waals surface area contributed by atoms with Crippen molar-refractivity contribution in [3.8, 4) is 0 Å². The maximum atomic E-state index is 13.4. The van der Waals surface area contributed by atoms with Crippen LogP contribution in [0.2, 0.25) is 5.02 Å². The summed E-state index contributed by atoms with van der Waals surface area (Å²) in [6.07, 6.45) is 6.19. The van der Waals surface area contributed by atoms with Crippen LogP contribution >= 0.6 is 23.4 Å². The number of carbonyl (C=O) groups is 2. The van der Waals surface area contributed by atoms with E-state index in [1.807, 2.05) is 43.3 Å². The summed E-state index contributed by atoms with van der Waals surface area (Å²) in [5.41, 5.74) is 3.44. The Balaban J connectivity index is 1.70. The molecule has 33 heavy (non-hydrogen) atoms. The maximum Gasteiger partial charge on any atom is 0.243 e. The van der Waals surface area contributed by atoms with Crippen LogP contribution in [0, 0.1) is 6.92 Å². The summed E-state index contributed by atoms with van der Waals surface area (Å²) in [6, 6.07) is 15.5. The number of hydrogen-bond donors (Lipinski definition) is 1. The fourth-order valence-corrected chi connectivity index (χ4v) is 5.47. The molecule has 178 valence electrons. The molecule has 4 nitrogen and oxygen atoms in total. The Bertz CT molecular complexity index is 913. The summed E-state index contributed by atoms with van der Waals surface area (Å²) < 4.78 is 0. The molecule has 1 atom stereocenters. The first kappa shape index (κ1) is 25.6. The standard InChI is InChI=1S/C27H35ClN2O2S/c1-3-25(27(32)29-24-11-5-4-6-12-24)30(17-21-13-15-23(28)16-14-21)26(31)19-33-18-22-10-8-7-9-20(22)2/h7-10,13-16,24-25H,3-6,11-12,17-19H2,1-2H3,(H,29,32)/t25-/m0/s1. The van der Waals surface area contributed by atoms with Crippen LogP contribution in [0.15, 0.2) is 48.5 Å². The van der Waals surface area contributed by atoms with Crippen LogP contribution in [-0.4, -0.2) is 34.6 Å². The third-order valence-corrected chi connectivity index (χ3v) is 7.57. The monoisotopic (exact) mass is 486 g/mol. The Kier molecular flexibility index (Phi) is 10.1. The smallest absolute Gasteiger partial charge is 0.243 e. The Morgan fingerprint density at radius 3 is 2.45 bits per heavy atom. The SMILES string of the molecule is CC[C@@H](C(=O)NC1CCCCC1)N(Cc1ccc(Cl)cc1)C(=O)CSCc1ccccc1C. The van der Waals surface area contributed by atoms with Gasteiger partial charge in [-0.15, -0.1) is 11.8 Å². The van der Waals surface area contributed by atoms with Gasteiger partial charge < -0.3 is 10.2 Å². The molecule has 6 heteroatoms. The molecule has 3 rings (SSSR count). The minimum absolute atomic E-state index is 0.00539. The average molecular weight is 487 g/mol. The Morgan fingerprint density at radius 1 is 1.09 bits per heavy atom. The van der Waals surface area contributed by atoms with E-state index >= 15 is 0 Å². The molecule has 1 saturated carbocycles. The molecule has 0 heterocycles. The molecule has 0 aliphatic heterocycles. The fourth-order valence-electron chi connectivity index (χ4n) is 4.35. The number of rotatable bonds is 10. The minimum atomic E-state index is -0.478. The lowest BCUT2D eigenvalue weighted by Crippen LogP contribution is -2.52. The van der Waals surface area contributed by atoms with Gasteiger partial charge >= 0.3 is 0 Å². The van der Waals surface area contributed by atoms with Crippen LogP contribution < -0.4 is 5.32 Å². The third-order valence-electron chi connectivity index (χ3n) is 6.35. The molecule has 1 aliphatic carbocycles. The van der Waals surface area contributed by atoms with Crippen LogP contribution in [0.3, 0.4) is 0 Å². The van der Waals surface area contributed by atoms with E-state index in [1.54, 1.807) is 16.7 Å². The van der Waals surface area contributed by atoms with Crippen LogP contribution in [-0.2, 0) is 21.9 Å². The predicted octanol–water partition coefficient (Wildman–Crippen LogP) is 6.14. The van der Waals surface area contributed by atoms with Gasteiger partial charge in [-0.1, -0.05) is 74.2 Å². The van der Waals surface area contributed by atoms with E-state index < -0.39 is 6.04 Å². The van der Waals surface area contributed by atoms with E-state index in [0.717, 1.165) is 37.0 Å². The minimum Gasteiger partial charge on any atom is -0.352 e. The van der Waals surface area contributed by atoms with Crippen LogP contribution in [0.4, 0.5) is 0 Å². The van der Waals surface area contributed by atoms with E-state index in [9.17, 15) is 9.59 Å². The van der Waals surface area contributed by atoms with Crippen LogP contribution in [0.5, 0.6) is 0 Å². The van der Waals surface area contributed by atoms with Gasteiger partial charge in [0, 0.05) is 23.4 Å². The highest BCUT2D eigenvalue weighted by molar-refractivity contribution is 7.99. The number of hydrogen-bond acceptors (Lipinski definition) is 3. The van der Waals surface area contributed by atoms with Crippen LogP contribution in [0.1, 0.15) is 62.1 Å². The molecular weight excluding hydrogens is 452 g/mol. The Morgan fingerprint density at radius 2 is 1.79 bits per heavy atom. The van der Waals surface area contributed by atoms with Crippen molar-refractivity contribution in [2.75, 3.05) is 5.75 Å². The predicted molar refractivity (Wildman–Crippen MR) is 138 cm³/mol. The zero-order valence-electron chi connectivity index (χ0n) is 19.7. The molecule has 2 aromatic rings. The van der Waals surface area contributed by atoms with Crippen LogP contribution in [0.25, 0.3) is 0 Å². The van der Waals surface area contributed by atoms with Crippen molar-refractivity contribution in [2.45, 2.75) is 76.8 Å². The van der Waals surface area contributed by atoms with E-state index in [4.69, 9.17) is 11.6 Å². The second-order valence-electron chi connectivity index (χ2n) is 8.83. The molecule has 0 unspecified atom stereocenters. The third kappa shape index (κ3) is 7.79. The summed E-state index contributed by atoms with van der Waals surface area (Å²) in [4.78, 5) is 28.4. The summed E-state index contributed by atoms with van der Waals surface area (Å²) in [7, 11) is 0. The van der Waals surface area contributed by atoms with Crippen molar-refractivity contribution < 1.29 is 9.59 Å². The van der Waals surface area contributed by atoms with E-state index in [1.165, 1.54) is 17.5 Å². The summed E-state index contributed by atoms with van der Waals surface area (Å²) in [5.74, 6) is 1.08. The van der Waals surface area contributed by atoms with Crippen molar-refractivity contribution in [3.05, 3.63) is 70.2 Å². The number of thioether (sulfide) groups is 1. The first-order valence-electron chi connectivity index (χ1n) is 11.9. The molecule has 0 spiro atoms. The Hall–Kier alpha value is -1.98. The maximum absolute atomic E-state index is 13.4. The van der Waals surface area contributed by atoms with Gasteiger partial charge in [-0.3, -0.25) is 9.59 Å². The largest absolute Gasteiger partial charge is 0.352 e. The van der Waals surface area contributed by atoms with Gasteiger partial charge in [0.25, 0.3) is 0 Å². The lowest BCUT2D eigenvalue weighted by atomic mass is 9.95. The van der Waals surface area contributed by atoms with Gasteiger partial charge in [0.2, 0.25) is 11.8 Å². The second kappa shape index (κ2) is 13.0. The van der Waals surface area contributed by atoms with Gasteiger partial charge in [0.15, 0.2) is 0 Å². The van der Waals surface area contributed by atoms with Gasteiger partial charge in [-0.25, -0.2) is 0 Å². The fraction of sp³-hybridized carbons (Fsp3) is 0.481. The lowest BCUT2D eigenvalue weighted by Gasteiger charge is -2.32. The number of nitrogens with zero attached hydrogens (tertiary/aromatic N) is 1. The first-order chi connectivity index (χ1) is 16.0. The zero-order valence-corrected chi connectivity index (χ0v) is 21.3. The summed E-state index contributed by atoms with van der Waals surface area (Å²) in [5, 5.41) is 3.89. The van der Waals surface area contributed by atoms with E-state index in [0.29, 0.717) is 23.7 Å². The number of nitrogens with one attached hydrogen (secondary N) is 1. The summed E-state index contributed by atoms with van der Waals surface area (Å²) in [6.45, 7) is 4.47. The van der Waals surface area contributed by atoms with Crippen molar-refractivity contribution in [1.82, 2.24) is 10.2 Å². The highest BCUT2D eigenvalue weighted by Crippen LogP contribution is 2.21. The van der Waals surface area contributed by atoms with E-state index in [2.05, 4.69) is 24.4 Å². The molecule has 0 radical (unpaired) electrons. The number of benzene rings is 2. The number of carbonyl (C=O) groups excluding carboxylic acids is 2. The highest BCUT2D eigenvalue weighted by atomic mass is 35.5. The molecule has 0 aromatic heterocycles. The normalized spacial score (nSPS) is 15.1. The second-order valence-corrected chi connectivity index (χ2v) is 10.3. The zero-order chi connectivity index (χ0) is 23.6. The number of aryl methyl sites for hydroxylation is 1. The van der Waals surface area contributed by atoms with Gasteiger partial charge in [-0.2, -0.15) is 0 Å². The molecule has 2 amide bonds.